The van der Waals surface area contributed by atoms with Gasteiger partial charge in [0.15, 0.2) is 6.79 Å². The number of hydrogen-bond acceptors (Lipinski definition) is 1. The Bertz CT molecular complexity index is 82.7. The lowest BCUT2D eigenvalue weighted by Gasteiger charge is -2.30. The van der Waals surface area contributed by atoms with Crippen molar-refractivity contribution in [3.05, 3.63) is 0 Å². The van der Waals surface area contributed by atoms with E-state index in [0.717, 1.165) is 0 Å². The summed E-state index contributed by atoms with van der Waals surface area (Å²) in [7, 11) is 2.29. The van der Waals surface area contributed by atoms with Gasteiger partial charge in [-0.3, -0.25) is 0 Å². The smallest absolute Gasteiger partial charge is 0.180 e. The van der Waals surface area contributed by atoms with E-state index in [1.54, 1.807) is 6.92 Å². The van der Waals surface area contributed by atoms with Gasteiger partial charge in [0.1, 0.15) is 0 Å². The second-order valence-electron chi connectivity index (χ2n) is 3.18. The van der Waals surface area contributed by atoms with Crippen LogP contribution in [0.3, 0.4) is 0 Å². The summed E-state index contributed by atoms with van der Waals surface area (Å²) < 4.78 is 5.49. The normalized spacial score (nSPS) is 10.6. The highest BCUT2D eigenvalue weighted by atomic mass is 16.6. The fraction of sp³-hybridized carbons (Fsp3) is 1.00. The zero-order valence-corrected chi connectivity index (χ0v) is 9.80. The van der Waals surface area contributed by atoms with Crippen LogP contribution in [0.2, 0.25) is 0 Å². The molecular formula is C10H25NO2+. The first-order valence-corrected chi connectivity index (χ1v) is 5.09. The van der Waals surface area contributed by atoms with E-state index in [-0.39, 0.29) is 0 Å². The second-order valence-corrected chi connectivity index (χ2v) is 3.18. The van der Waals surface area contributed by atoms with Crippen LogP contribution >= 0.6 is 0 Å². The molecule has 81 valence electrons. The number of hydrogen-bond donors (Lipinski definition) is 0. The maximum atomic E-state index is 9.31. The van der Waals surface area contributed by atoms with Crippen molar-refractivity contribution in [2.24, 2.45) is 0 Å². The van der Waals surface area contributed by atoms with Gasteiger partial charge in [-0.15, -0.1) is 0 Å². The fourth-order valence-corrected chi connectivity index (χ4v) is 0.754. The van der Waals surface area contributed by atoms with E-state index in [1.807, 2.05) is 0 Å². The average Bonchev–Trinajstić information content (AvgIpc) is 2.19. The Labute approximate surface area is 82.9 Å². The van der Waals surface area contributed by atoms with Gasteiger partial charge in [-0.1, -0.05) is 0 Å². The Kier molecular flexibility index (Phi) is 11.8. The minimum absolute atomic E-state index is 0.406. The highest BCUT2D eigenvalue weighted by Gasteiger charge is 2.10. The van der Waals surface area contributed by atoms with E-state index in [0.29, 0.717) is 6.61 Å². The Morgan fingerprint density at radius 3 is 1.38 bits per heavy atom. The molecule has 0 atom stereocenters. The molecule has 3 nitrogen and oxygen atoms in total. The van der Waals surface area contributed by atoms with Crippen LogP contribution in [0.5, 0.6) is 0 Å². The van der Waals surface area contributed by atoms with Gasteiger partial charge in [-0.2, -0.15) is 0 Å². The van der Waals surface area contributed by atoms with E-state index in [2.05, 4.69) is 32.6 Å². The molecule has 0 aliphatic heterocycles. The predicted molar refractivity (Wildman–Crippen MR) is 55.0 cm³/mol. The highest BCUT2D eigenvalue weighted by molar-refractivity contribution is 4.24. The average molecular weight is 191 g/mol. The van der Waals surface area contributed by atoms with Gasteiger partial charge in [0.25, 0.3) is 0 Å². The van der Waals surface area contributed by atoms with Crippen molar-refractivity contribution in [2.75, 3.05) is 40.1 Å². The van der Waals surface area contributed by atoms with E-state index >= 15 is 0 Å². The molecule has 0 N–H and O–H groups in total. The Morgan fingerprint density at radius 1 is 1.00 bits per heavy atom. The third-order valence-corrected chi connectivity index (χ3v) is 2.58. The topological polar surface area (TPSA) is 29.1 Å². The highest BCUT2D eigenvalue weighted by Crippen LogP contribution is 1.97. The quantitative estimate of drug-likeness (QED) is 0.482. The molecule has 0 aromatic heterocycles. The van der Waals surface area contributed by atoms with Crippen molar-refractivity contribution < 1.29 is 14.3 Å². The van der Waals surface area contributed by atoms with E-state index < -0.39 is 6.79 Å². The van der Waals surface area contributed by atoms with Gasteiger partial charge < -0.3 is 9.22 Å². The molecule has 0 fully saturated rings. The molecule has 0 saturated carbocycles. The van der Waals surface area contributed by atoms with Crippen LogP contribution in [0.15, 0.2) is 0 Å². The molecule has 0 saturated heterocycles. The Morgan fingerprint density at radius 2 is 1.38 bits per heavy atom. The zero-order valence-electron chi connectivity index (χ0n) is 9.80. The number of nitrogens with zero attached hydrogens (tertiary/aromatic N) is 1. The predicted octanol–water partition coefficient (Wildman–Crippen LogP) is 1.90. The van der Waals surface area contributed by atoms with Gasteiger partial charge >= 0.3 is 0 Å². The summed E-state index contributed by atoms with van der Waals surface area (Å²) in [6.07, 6.45) is 0. The van der Waals surface area contributed by atoms with Crippen molar-refractivity contribution in [3.8, 4) is 0 Å². The standard InChI is InChI=1S/C7H18N.C3H7O2/c1-5-8(4,6-2)7-3;1-2-5-3-4/h5-7H2,1-4H3;2-3H2,1H3/q+1;. The van der Waals surface area contributed by atoms with Crippen LogP contribution in [0.4, 0.5) is 0 Å². The molecule has 0 rings (SSSR count). The zero-order chi connectivity index (χ0) is 10.7. The van der Waals surface area contributed by atoms with Crippen LogP contribution in [-0.2, 0) is 9.84 Å². The van der Waals surface area contributed by atoms with E-state index in [9.17, 15) is 5.11 Å². The minimum atomic E-state index is -0.406. The van der Waals surface area contributed by atoms with Crippen LogP contribution in [-0.4, -0.2) is 44.6 Å². The van der Waals surface area contributed by atoms with Gasteiger partial charge in [0.2, 0.25) is 0 Å². The van der Waals surface area contributed by atoms with E-state index in [1.165, 1.54) is 24.1 Å². The van der Waals surface area contributed by atoms with Crippen molar-refractivity contribution in [2.45, 2.75) is 27.7 Å². The number of quaternary nitrogens is 1. The molecule has 0 aliphatic carbocycles. The lowest BCUT2D eigenvalue weighted by atomic mass is 10.4. The summed E-state index contributed by atoms with van der Waals surface area (Å²) >= 11 is 0. The van der Waals surface area contributed by atoms with Crippen LogP contribution in [0, 0.1) is 0 Å². The largest absolute Gasteiger partial charge is 0.353 e. The molecule has 0 unspecified atom stereocenters. The molecule has 0 bridgehead atoms. The summed E-state index contributed by atoms with van der Waals surface area (Å²) in [6.45, 7) is 12.4. The molecule has 3 heteroatoms. The monoisotopic (exact) mass is 191 g/mol. The van der Waals surface area contributed by atoms with Gasteiger partial charge in [0.05, 0.1) is 26.7 Å². The van der Waals surface area contributed by atoms with Crippen molar-refractivity contribution in [1.29, 1.82) is 0 Å². The summed E-state index contributed by atoms with van der Waals surface area (Å²) in [5.74, 6) is 0. The van der Waals surface area contributed by atoms with Gasteiger partial charge in [-0.05, 0) is 27.7 Å². The Hall–Kier alpha value is -0.120. The SMILES string of the molecule is CCOC[O].CC[N+](C)(CC)CC. The van der Waals surface area contributed by atoms with Crippen LogP contribution in [0.1, 0.15) is 27.7 Å². The first-order valence-electron chi connectivity index (χ1n) is 5.09. The summed E-state index contributed by atoms with van der Waals surface area (Å²) in [5, 5.41) is 9.31. The maximum Gasteiger partial charge on any atom is 0.180 e. The molecule has 13 heavy (non-hydrogen) atoms. The van der Waals surface area contributed by atoms with Crippen molar-refractivity contribution in [3.63, 3.8) is 0 Å². The number of rotatable bonds is 5. The summed E-state index contributed by atoms with van der Waals surface area (Å²) in [5.41, 5.74) is 0. The van der Waals surface area contributed by atoms with Gasteiger partial charge in [0, 0.05) is 6.61 Å². The molecule has 0 heterocycles. The second kappa shape index (κ2) is 9.96. The summed E-state index contributed by atoms with van der Waals surface area (Å²) in [4.78, 5) is 0. The Balaban J connectivity index is 0. The maximum absolute atomic E-state index is 9.31. The molecule has 0 aliphatic rings. The molecule has 0 aromatic rings. The fourth-order valence-electron chi connectivity index (χ4n) is 0.754. The first kappa shape index (κ1) is 15.4. The third-order valence-electron chi connectivity index (χ3n) is 2.58. The van der Waals surface area contributed by atoms with Crippen LogP contribution in [0.25, 0.3) is 0 Å². The number of ether oxygens (including phenoxy) is 1. The molecule has 0 amide bonds. The molecular weight excluding hydrogens is 166 g/mol. The molecule has 1 radical (unpaired) electrons. The molecule has 0 spiro atoms. The van der Waals surface area contributed by atoms with Crippen molar-refractivity contribution in [1.82, 2.24) is 0 Å². The lowest BCUT2D eigenvalue weighted by molar-refractivity contribution is -0.904. The van der Waals surface area contributed by atoms with Gasteiger partial charge in [-0.25, -0.2) is 5.11 Å². The van der Waals surface area contributed by atoms with Crippen LogP contribution < -0.4 is 0 Å². The summed E-state index contributed by atoms with van der Waals surface area (Å²) in [6, 6.07) is 0. The lowest BCUT2D eigenvalue weighted by Crippen LogP contribution is -2.42. The van der Waals surface area contributed by atoms with E-state index in [4.69, 9.17) is 0 Å². The van der Waals surface area contributed by atoms with Crippen molar-refractivity contribution >= 4 is 0 Å². The first-order chi connectivity index (χ1) is 6.10. The molecule has 0 aromatic carbocycles. The third kappa shape index (κ3) is 9.80. The minimum Gasteiger partial charge on any atom is -0.353 e.